The highest BCUT2D eigenvalue weighted by molar-refractivity contribution is 7.91. The van der Waals surface area contributed by atoms with Crippen molar-refractivity contribution in [1.82, 2.24) is 4.90 Å². The van der Waals surface area contributed by atoms with Crippen LogP contribution < -0.4 is 5.73 Å². The maximum Gasteiger partial charge on any atom is 0.237 e. The second-order valence-corrected chi connectivity index (χ2v) is 7.01. The van der Waals surface area contributed by atoms with Gasteiger partial charge in [0, 0.05) is 19.3 Å². The number of hydrogen-bond donors (Lipinski definition) is 1. The highest BCUT2D eigenvalue weighted by Gasteiger charge is 2.19. The van der Waals surface area contributed by atoms with Gasteiger partial charge in [0.15, 0.2) is 9.84 Å². The normalized spacial score (nSPS) is 11.3. The van der Waals surface area contributed by atoms with Crippen LogP contribution in [0.4, 0.5) is 5.69 Å². The fourth-order valence-corrected chi connectivity index (χ4v) is 3.14. The predicted octanol–water partition coefficient (Wildman–Crippen LogP) is 1.44. The third-order valence-electron chi connectivity index (χ3n) is 2.98. The van der Waals surface area contributed by atoms with Crippen molar-refractivity contribution in [1.29, 1.82) is 0 Å². The van der Waals surface area contributed by atoms with E-state index in [-0.39, 0.29) is 11.7 Å². The summed E-state index contributed by atoms with van der Waals surface area (Å²) in [5, 5.41) is 0. The molecule has 0 heterocycles. The molecule has 0 aromatic heterocycles. The molecule has 0 spiro atoms. The summed E-state index contributed by atoms with van der Waals surface area (Å²) in [7, 11) is -1.81. The summed E-state index contributed by atoms with van der Waals surface area (Å²) in [6.07, 6.45) is 1.84. The number of carbonyl (C=O) groups is 1. The molecule has 1 aromatic rings. The van der Waals surface area contributed by atoms with Gasteiger partial charge in [-0.15, -0.1) is 0 Å². The van der Waals surface area contributed by atoms with Crippen molar-refractivity contribution in [3.05, 3.63) is 29.8 Å². The molecule has 20 heavy (non-hydrogen) atoms. The van der Waals surface area contributed by atoms with Crippen molar-refractivity contribution in [3.63, 3.8) is 0 Å². The predicted molar refractivity (Wildman–Crippen MR) is 80.9 cm³/mol. The van der Waals surface area contributed by atoms with E-state index in [1.165, 1.54) is 4.90 Å². The largest absolute Gasteiger partial charge is 0.399 e. The minimum atomic E-state index is -3.45. The van der Waals surface area contributed by atoms with Gasteiger partial charge in [0.1, 0.15) is 5.75 Å². The van der Waals surface area contributed by atoms with Gasteiger partial charge >= 0.3 is 0 Å². The summed E-state index contributed by atoms with van der Waals surface area (Å²) in [5.41, 5.74) is 6.77. The molecule has 112 valence electrons. The smallest absolute Gasteiger partial charge is 0.237 e. The summed E-state index contributed by atoms with van der Waals surface area (Å²) in [6, 6.07) is 6.64. The molecular formula is C14H22N2O3S. The topological polar surface area (TPSA) is 80.5 Å². The maximum atomic E-state index is 12.0. The number of benzene rings is 1. The van der Waals surface area contributed by atoms with Crippen LogP contribution in [0.5, 0.6) is 0 Å². The lowest BCUT2D eigenvalue weighted by Crippen LogP contribution is -2.33. The number of nitrogens with two attached hydrogens (primary N) is 1. The van der Waals surface area contributed by atoms with E-state index >= 15 is 0 Å². The molecular weight excluding hydrogens is 276 g/mol. The van der Waals surface area contributed by atoms with Gasteiger partial charge in [0.2, 0.25) is 5.91 Å². The van der Waals surface area contributed by atoms with Crippen molar-refractivity contribution in [3.8, 4) is 0 Å². The van der Waals surface area contributed by atoms with Crippen LogP contribution in [-0.2, 0) is 20.4 Å². The van der Waals surface area contributed by atoms with Gasteiger partial charge in [0.25, 0.3) is 0 Å². The number of nitrogens with zero attached hydrogens (tertiary/aromatic N) is 1. The van der Waals surface area contributed by atoms with Gasteiger partial charge in [-0.3, -0.25) is 4.79 Å². The minimum absolute atomic E-state index is 0.138. The Morgan fingerprint density at radius 2 is 1.85 bits per heavy atom. The van der Waals surface area contributed by atoms with E-state index in [1.54, 1.807) is 31.3 Å². The molecule has 0 aliphatic carbocycles. The van der Waals surface area contributed by atoms with Crippen LogP contribution in [-0.4, -0.2) is 38.6 Å². The molecule has 1 aromatic carbocycles. The fourth-order valence-electron chi connectivity index (χ4n) is 1.74. The first-order valence-corrected chi connectivity index (χ1v) is 8.45. The first-order valence-electron chi connectivity index (χ1n) is 6.63. The molecule has 2 N–H and O–H groups in total. The quantitative estimate of drug-likeness (QED) is 0.772. The zero-order valence-electron chi connectivity index (χ0n) is 12.0. The summed E-state index contributed by atoms with van der Waals surface area (Å²) in [6.45, 7) is 2.61. The molecule has 0 fully saturated rings. The van der Waals surface area contributed by atoms with E-state index in [2.05, 4.69) is 0 Å². The average molecular weight is 298 g/mol. The second kappa shape index (κ2) is 7.28. The van der Waals surface area contributed by atoms with Gasteiger partial charge < -0.3 is 10.6 Å². The van der Waals surface area contributed by atoms with Crippen molar-refractivity contribution >= 4 is 21.4 Å². The Morgan fingerprint density at radius 3 is 2.40 bits per heavy atom. The third-order valence-corrected chi connectivity index (χ3v) is 4.44. The van der Waals surface area contributed by atoms with Crippen LogP contribution >= 0.6 is 0 Å². The number of rotatable bonds is 7. The zero-order valence-corrected chi connectivity index (χ0v) is 12.8. The lowest BCUT2D eigenvalue weighted by Gasteiger charge is -2.16. The average Bonchev–Trinajstić information content (AvgIpc) is 2.37. The number of carbonyl (C=O) groups excluding carboxylic acids is 1. The maximum absolute atomic E-state index is 12.0. The lowest BCUT2D eigenvalue weighted by atomic mass is 10.2. The highest BCUT2D eigenvalue weighted by Crippen LogP contribution is 2.10. The van der Waals surface area contributed by atoms with Crippen molar-refractivity contribution in [2.24, 2.45) is 0 Å². The minimum Gasteiger partial charge on any atom is -0.399 e. The van der Waals surface area contributed by atoms with Gasteiger partial charge in [-0.25, -0.2) is 8.42 Å². The van der Waals surface area contributed by atoms with E-state index < -0.39 is 15.6 Å². The zero-order chi connectivity index (χ0) is 15.2. The molecule has 0 unspecified atom stereocenters. The molecule has 0 atom stereocenters. The van der Waals surface area contributed by atoms with Crippen molar-refractivity contribution < 1.29 is 13.2 Å². The lowest BCUT2D eigenvalue weighted by molar-refractivity contribution is -0.127. The number of sulfone groups is 1. The molecule has 1 rings (SSSR count). The van der Waals surface area contributed by atoms with Crippen LogP contribution in [0.1, 0.15) is 25.3 Å². The molecule has 1 amide bonds. The van der Waals surface area contributed by atoms with E-state index in [0.29, 0.717) is 17.8 Å². The van der Waals surface area contributed by atoms with Crippen LogP contribution in [0.25, 0.3) is 0 Å². The number of hydrogen-bond acceptors (Lipinski definition) is 4. The monoisotopic (exact) mass is 298 g/mol. The van der Waals surface area contributed by atoms with E-state index in [1.807, 2.05) is 6.92 Å². The standard InChI is InChI=1S/C14H22N2O3S/c1-3-4-9-16(2)14(17)11-20(18,19)10-12-5-7-13(15)8-6-12/h5-8H,3-4,9-11,15H2,1-2H3. The van der Waals surface area contributed by atoms with Crippen LogP contribution in [0.15, 0.2) is 24.3 Å². The van der Waals surface area contributed by atoms with E-state index in [9.17, 15) is 13.2 Å². The molecule has 0 aliphatic rings. The summed E-state index contributed by atoms with van der Waals surface area (Å²) < 4.78 is 24.0. The number of nitrogen functional groups attached to an aromatic ring is 1. The molecule has 0 radical (unpaired) electrons. The molecule has 5 nitrogen and oxygen atoms in total. The Bertz CT molecular complexity index is 538. The van der Waals surface area contributed by atoms with Gasteiger partial charge in [-0.2, -0.15) is 0 Å². The Hall–Kier alpha value is -1.56. The van der Waals surface area contributed by atoms with Crippen LogP contribution in [0.2, 0.25) is 0 Å². The molecule has 0 bridgehead atoms. The Balaban J connectivity index is 2.61. The van der Waals surface area contributed by atoms with Crippen molar-refractivity contribution in [2.45, 2.75) is 25.5 Å². The fraction of sp³-hybridized carbons (Fsp3) is 0.500. The molecule has 0 saturated carbocycles. The summed E-state index contributed by atoms with van der Waals surface area (Å²) >= 11 is 0. The van der Waals surface area contributed by atoms with Crippen LogP contribution in [0, 0.1) is 0 Å². The van der Waals surface area contributed by atoms with Gasteiger partial charge in [-0.1, -0.05) is 25.5 Å². The Kier molecular flexibility index (Phi) is 6.01. The SMILES string of the molecule is CCCCN(C)C(=O)CS(=O)(=O)Cc1ccc(N)cc1. The Labute approximate surface area is 120 Å². The number of anilines is 1. The van der Waals surface area contributed by atoms with Crippen LogP contribution in [0.3, 0.4) is 0 Å². The summed E-state index contributed by atoms with van der Waals surface area (Å²) in [4.78, 5) is 13.3. The van der Waals surface area contributed by atoms with E-state index in [0.717, 1.165) is 12.8 Å². The molecule has 0 saturated heterocycles. The second-order valence-electron chi connectivity index (χ2n) is 4.94. The molecule has 0 aliphatic heterocycles. The number of amides is 1. The van der Waals surface area contributed by atoms with E-state index in [4.69, 9.17) is 5.73 Å². The van der Waals surface area contributed by atoms with Gasteiger partial charge in [-0.05, 0) is 24.1 Å². The third kappa shape index (κ3) is 5.61. The molecule has 6 heteroatoms. The highest BCUT2D eigenvalue weighted by atomic mass is 32.2. The Morgan fingerprint density at radius 1 is 1.25 bits per heavy atom. The van der Waals surface area contributed by atoms with Gasteiger partial charge in [0.05, 0.1) is 5.75 Å². The first-order chi connectivity index (χ1) is 9.34. The number of unbranched alkanes of at least 4 members (excludes halogenated alkanes) is 1. The first kappa shape index (κ1) is 16.5. The van der Waals surface area contributed by atoms with Crippen molar-refractivity contribution in [2.75, 3.05) is 25.1 Å². The summed E-state index contributed by atoms with van der Waals surface area (Å²) in [5.74, 6) is -0.938.